The van der Waals surface area contributed by atoms with Gasteiger partial charge in [-0.3, -0.25) is 9.59 Å². The average molecular weight is 341 g/mol. The zero-order valence-electron chi connectivity index (χ0n) is 13.0. The van der Waals surface area contributed by atoms with Crippen LogP contribution in [0.3, 0.4) is 0 Å². The van der Waals surface area contributed by atoms with Crippen molar-refractivity contribution < 1.29 is 29.3 Å². The molecule has 2 aromatic carbocycles. The first-order valence-corrected chi connectivity index (χ1v) is 7.54. The maximum atomic E-state index is 12.0. The number of esters is 1. The lowest BCUT2D eigenvalue weighted by Crippen LogP contribution is -2.32. The summed E-state index contributed by atoms with van der Waals surface area (Å²) in [5, 5.41) is 18.9. The molecule has 0 bridgehead atoms. The molecule has 128 valence electrons. The molecule has 7 nitrogen and oxygen atoms in total. The van der Waals surface area contributed by atoms with Crippen LogP contribution < -0.4 is 4.90 Å². The number of anilines is 1. The van der Waals surface area contributed by atoms with Gasteiger partial charge < -0.3 is 14.9 Å². The van der Waals surface area contributed by atoms with E-state index in [1.54, 1.807) is 0 Å². The number of carbonyl (C=O) groups is 3. The molecule has 0 aliphatic carbocycles. The smallest absolute Gasteiger partial charge is 0.338 e. The zero-order chi connectivity index (χ0) is 18.0. The lowest BCUT2D eigenvalue weighted by molar-refractivity contribution is -0.129. The molecule has 1 heterocycles. The van der Waals surface area contributed by atoms with Gasteiger partial charge in [0.2, 0.25) is 0 Å². The van der Waals surface area contributed by atoms with Gasteiger partial charge in [-0.15, -0.1) is 0 Å². The van der Waals surface area contributed by atoms with Crippen molar-refractivity contribution in [1.29, 1.82) is 0 Å². The number of amides is 2. The van der Waals surface area contributed by atoms with Gasteiger partial charge in [-0.25, -0.2) is 9.69 Å². The molecule has 7 heteroatoms. The maximum absolute atomic E-state index is 12.0. The summed E-state index contributed by atoms with van der Waals surface area (Å²) < 4.78 is 5.19. The van der Waals surface area contributed by atoms with Gasteiger partial charge in [-0.2, -0.15) is 0 Å². The molecule has 0 saturated carbocycles. The van der Waals surface area contributed by atoms with Gasteiger partial charge in [0.05, 0.1) is 11.3 Å². The third kappa shape index (κ3) is 3.28. The van der Waals surface area contributed by atoms with Crippen LogP contribution in [0.15, 0.2) is 54.6 Å². The second-order valence-electron chi connectivity index (χ2n) is 5.51. The molecule has 2 amide bonds. The Balaban J connectivity index is 1.69. The number of carbonyl (C=O) groups excluding carboxylic acids is 3. The van der Waals surface area contributed by atoms with Crippen molar-refractivity contribution in [2.75, 3.05) is 4.90 Å². The number of hydrogen-bond donors (Lipinski definition) is 2. The first kappa shape index (κ1) is 16.8. The minimum atomic E-state index is -1.77. The van der Waals surface area contributed by atoms with Crippen LogP contribution >= 0.6 is 0 Å². The largest absolute Gasteiger partial charge is 0.457 e. The van der Waals surface area contributed by atoms with Crippen LogP contribution in [-0.2, 0) is 20.9 Å². The highest BCUT2D eigenvalue weighted by Gasteiger charge is 2.46. The van der Waals surface area contributed by atoms with Crippen LogP contribution in [0.2, 0.25) is 0 Å². The van der Waals surface area contributed by atoms with Crippen molar-refractivity contribution in [3.05, 3.63) is 65.7 Å². The molecule has 2 N–H and O–H groups in total. The minimum Gasteiger partial charge on any atom is -0.457 e. The topological polar surface area (TPSA) is 104 Å². The Kier molecular flexibility index (Phi) is 4.60. The zero-order valence-corrected chi connectivity index (χ0v) is 13.0. The van der Waals surface area contributed by atoms with Crippen LogP contribution in [-0.4, -0.2) is 40.2 Å². The van der Waals surface area contributed by atoms with E-state index in [9.17, 15) is 24.6 Å². The lowest BCUT2D eigenvalue weighted by atomic mass is 10.2. The highest BCUT2D eigenvalue weighted by Crippen LogP contribution is 2.23. The Morgan fingerprint density at radius 3 is 2.04 bits per heavy atom. The Bertz CT molecular complexity index is 782. The van der Waals surface area contributed by atoms with Gasteiger partial charge in [0.25, 0.3) is 11.8 Å². The van der Waals surface area contributed by atoms with Crippen LogP contribution in [0.5, 0.6) is 0 Å². The number of benzene rings is 2. The molecule has 1 aliphatic rings. The Labute approximate surface area is 143 Å². The molecule has 25 heavy (non-hydrogen) atoms. The molecule has 3 rings (SSSR count). The molecule has 0 spiro atoms. The van der Waals surface area contributed by atoms with Crippen molar-refractivity contribution in [1.82, 2.24) is 0 Å². The maximum Gasteiger partial charge on any atom is 0.338 e. The van der Waals surface area contributed by atoms with Crippen molar-refractivity contribution in [3.8, 4) is 0 Å². The van der Waals surface area contributed by atoms with Crippen molar-refractivity contribution in [3.63, 3.8) is 0 Å². The van der Waals surface area contributed by atoms with Crippen LogP contribution in [0.1, 0.15) is 15.9 Å². The van der Waals surface area contributed by atoms with Gasteiger partial charge in [0, 0.05) is 0 Å². The van der Waals surface area contributed by atoms with Gasteiger partial charge >= 0.3 is 5.97 Å². The van der Waals surface area contributed by atoms with E-state index in [1.807, 2.05) is 30.3 Å². The van der Waals surface area contributed by atoms with E-state index in [0.29, 0.717) is 4.90 Å². The summed E-state index contributed by atoms with van der Waals surface area (Å²) in [6, 6.07) is 14.8. The number of ether oxygens (including phenoxy) is 1. The standard InChI is InChI=1S/C18H15NO6/c20-14-15(21)17(23)19(16(14)22)13-8-6-12(7-9-13)18(24)25-10-11-4-2-1-3-5-11/h1-9,14-15,20-21H,10H2/t14-,15-/m1/s1. The minimum absolute atomic E-state index is 0.128. The summed E-state index contributed by atoms with van der Waals surface area (Å²) in [4.78, 5) is 36.3. The fraction of sp³-hybridized carbons (Fsp3) is 0.167. The predicted molar refractivity (Wildman–Crippen MR) is 86.5 cm³/mol. The molecule has 0 unspecified atom stereocenters. The number of aliphatic hydroxyl groups excluding tert-OH is 2. The highest BCUT2D eigenvalue weighted by atomic mass is 16.5. The van der Waals surface area contributed by atoms with Gasteiger partial charge in [-0.1, -0.05) is 30.3 Å². The third-order valence-corrected chi connectivity index (χ3v) is 3.82. The van der Waals surface area contributed by atoms with E-state index in [1.165, 1.54) is 24.3 Å². The Morgan fingerprint density at radius 1 is 0.920 bits per heavy atom. The second kappa shape index (κ2) is 6.84. The van der Waals surface area contributed by atoms with Crippen molar-refractivity contribution >= 4 is 23.5 Å². The van der Waals surface area contributed by atoms with Gasteiger partial charge in [-0.05, 0) is 29.8 Å². The van der Waals surface area contributed by atoms with E-state index in [0.717, 1.165) is 5.56 Å². The number of aliphatic hydroxyl groups is 2. The summed E-state index contributed by atoms with van der Waals surface area (Å²) in [6.07, 6.45) is -3.55. The van der Waals surface area contributed by atoms with E-state index in [2.05, 4.69) is 0 Å². The Morgan fingerprint density at radius 2 is 1.48 bits per heavy atom. The summed E-state index contributed by atoms with van der Waals surface area (Å²) in [6.45, 7) is 0.128. The first-order chi connectivity index (χ1) is 12.0. The molecule has 1 aliphatic heterocycles. The summed E-state index contributed by atoms with van der Waals surface area (Å²) in [7, 11) is 0. The molecule has 2 atom stereocenters. The van der Waals surface area contributed by atoms with E-state index < -0.39 is 30.0 Å². The molecular formula is C18H15NO6. The van der Waals surface area contributed by atoms with Crippen LogP contribution in [0, 0.1) is 0 Å². The fourth-order valence-electron chi connectivity index (χ4n) is 2.45. The Hall–Kier alpha value is -3.03. The molecule has 0 radical (unpaired) electrons. The molecule has 1 saturated heterocycles. The highest BCUT2D eigenvalue weighted by molar-refractivity contribution is 6.24. The second-order valence-corrected chi connectivity index (χ2v) is 5.51. The summed E-state index contributed by atoms with van der Waals surface area (Å²) in [5.41, 5.74) is 1.26. The molecule has 2 aromatic rings. The number of nitrogens with zero attached hydrogens (tertiary/aromatic N) is 1. The number of rotatable bonds is 4. The first-order valence-electron chi connectivity index (χ1n) is 7.54. The quantitative estimate of drug-likeness (QED) is 0.625. The van der Waals surface area contributed by atoms with Crippen LogP contribution in [0.25, 0.3) is 0 Å². The van der Waals surface area contributed by atoms with E-state index >= 15 is 0 Å². The monoisotopic (exact) mass is 341 g/mol. The summed E-state index contributed by atoms with van der Waals surface area (Å²) in [5.74, 6) is -2.36. The van der Waals surface area contributed by atoms with Crippen LogP contribution in [0.4, 0.5) is 5.69 Å². The normalized spacial score (nSPS) is 20.0. The summed E-state index contributed by atoms with van der Waals surface area (Å²) >= 11 is 0. The number of hydrogen-bond acceptors (Lipinski definition) is 6. The third-order valence-electron chi connectivity index (χ3n) is 3.82. The number of imide groups is 1. The predicted octanol–water partition coefficient (Wildman–Crippen LogP) is 0.639. The van der Waals surface area contributed by atoms with Crippen molar-refractivity contribution in [2.45, 2.75) is 18.8 Å². The van der Waals surface area contributed by atoms with Gasteiger partial charge in [0.15, 0.2) is 12.2 Å². The lowest BCUT2D eigenvalue weighted by Gasteiger charge is -2.14. The van der Waals surface area contributed by atoms with E-state index in [4.69, 9.17) is 4.74 Å². The molecule has 0 aromatic heterocycles. The molecular weight excluding hydrogens is 326 g/mol. The van der Waals surface area contributed by atoms with Gasteiger partial charge in [0.1, 0.15) is 6.61 Å². The fourth-order valence-corrected chi connectivity index (χ4v) is 2.45. The SMILES string of the molecule is O=C(OCc1ccccc1)c1ccc(N2C(=O)[C@H](O)[C@@H](O)C2=O)cc1. The average Bonchev–Trinajstić information content (AvgIpc) is 2.84. The van der Waals surface area contributed by atoms with Crippen molar-refractivity contribution in [2.24, 2.45) is 0 Å². The van der Waals surface area contributed by atoms with E-state index in [-0.39, 0.29) is 17.9 Å². The molecule has 1 fully saturated rings.